The summed E-state index contributed by atoms with van der Waals surface area (Å²) in [5.74, 6) is 0. The van der Waals surface area contributed by atoms with Crippen molar-refractivity contribution in [2.45, 2.75) is 34.1 Å². The molecule has 0 atom stereocenters. The van der Waals surface area contributed by atoms with Gasteiger partial charge in [0.15, 0.2) is 0 Å². The largest absolute Gasteiger partial charge is 0.0726 e. The molecule has 0 radical (unpaired) electrons. The Morgan fingerprint density at radius 3 is 1.59 bits per heavy atom. The molecule has 0 bridgehead atoms. The summed E-state index contributed by atoms with van der Waals surface area (Å²) in [6.07, 6.45) is 5.77. The standard InChI is InChI=1S/C15H14.C2H6/c1-10-12-6-3-4-7-13(12)11(2)15-9-5-8-14(10)15;1-2/h3-4,6-9H,5H2,1-2H3;1-2H3. The maximum absolute atomic E-state index is 2.34. The number of benzene rings is 2. The van der Waals surface area contributed by atoms with Gasteiger partial charge in [-0.3, -0.25) is 0 Å². The molecule has 1 aliphatic carbocycles. The molecule has 0 saturated carbocycles. The van der Waals surface area contributed by atoms with Crippen molar-refractivity contribution in [2.24, 2.45) is 0 Å². The molecule has 0 aromatic heterocycles. The first-order valence-electron chi connectivity index (χ1n) is 6.47. The van der Waals surface area contributed by atoms with Crippen molar-refractivity contribution in [3.8, 4) is 0 Å². The minimum Gasteiger partial charge on any atom is -0.0726 e. The molecule has 0 aliphatic heterocycles. The zero-order chi connectivity index (χ0) is 12.4. The normalized spacial score (nSPS) is 12.2. The van der Waals surface area contributed by atoms with Crippen molar-refractivity contribution in [3.05, 3.63) is 45.8 Å². The van der Waals surface area contributed by atoms with Crippen LogP contribution in [0.25, 0.3) is 22.9 Å². The maximum atomic E-state index is 2.34. The van der Waals surface area contributed by atoms with E-state index in [1.54, 1.807) is 0 Å². The lowest BCUT2D eigenvalue weighted by atomic mass is 9.98. The zero-order valence-corrected chi connectivity index (χ0v) is 11.2. The van der Waals surface area contributed by atoms with E-state index in [2.05, 4.69) is 50.3 Å². The number of hydrogen-bond donors (Lipinski definition) is 0. The van der Waals surface area contributed by atoms with Gasteiger partial charge in [-0.25, -0.2) is 0 Å². The van der Waals surface area contributed by atoms with Crippen LogP contribution in [-0.4, -0.2) is 0 Å². The third-order valence-electron chi connectivity index (χ3n) is 3.48. The van der Waals surface area contributed by atoms with Gasteiger partial charge < -0.3 is 0 Å². The lowest BCUT2D eigenvalue weighted by Gasteiger charge is -2.07. The van der Waals surface area contributed by atoms with Gasteiger partial charge in [0.05, 0.1) is 0 Å². The smallest absolute Gasteiger partial charge is 0.0146 e. The molecule has 0 spiro atoms. The Morgan fingerprint density at radius 1 is 0.765 bits per heavy atom. The van der Waals surface area contributed by atoms with Crippen LogP contribution in [0.1, 0.15) is 31.4 Å². The van der Waals surface area contributed by atoms with Gasteiger partial charge >= 0.3 is 0 Å². The molecule has 17 heavy (non-hydrogen) atoms. The average Bonchev–Trinajstić information content (AvgIpc) is 2.88. The Labute approximate surface area is 103 Å². The quantitative estimate of drug-likeness (QED) is 0.643. The van der Waals surface area contributed by atoms with Crippen LogP contribution < -0.4 is 10.4 Å². The molecular weight excluding hydrogens is 204 g/mol. The van der Waals surface area contributed by atoms with Gasteiger partial charge in [0, 0.05) is 0 Å². The Balaban J connectivity index is 0.000000514. The molecule has 0 heterocycles. The Bertz CT molecular complexity index is 602. The maximum Gasteiger partial charge on any atom is -0.0146 e. The molecule has 0 N–H and O–H groups in total. The highest BCUT2D eigenvalue weighted by molar-refractivity contribution is 5.89. The van der Waals surface area contributed by atoms with Gasteiger partial charge in [-0.1, -0.05) is 50.3 Å². The summed E-state index contributed by atoms with van der Waals surface area (Å²) in [6, 6.07) is 8.70. The van der Waals surface area contributed by atoms with Crippen LogP contribution in [0, 0.1) is 13.8 Å². The van der Waals surface area contributed by atoms with Crippen LogP contribution in [0.3, 0.4) is 0 Å². The van der Waals surface area contributed by atoms with E-state index in [0.717, 1.165) is 6.42 Å². The highest BCUT2D eigenvalue weighted by Crippen LogP contribution is 2.17. The van der Waals surface area contributed by atoms with Gasteiger partial charge in [-0.2, -0.15) is 0 Å². The van der Waals surface area contributed by atoms with E-state index in [1.165, 1.54) is 32.3 Å². The molecule has 0 nitrogen and oxygen atoms in total. The van der Waals surface area contributed by atoms with Crippen LogP contribution in [0.15, 0.2) is 24.3 Å². The second kappa shape index (κ2) is 4.75. The van der Waals surface area contributed by atoms with Crippen molar-refractivity contribution < 1.29 is 0 Å². The van der Waals surface area contributed by atoms with Crippen LogP contribution >= 0.6 is 0 Å². The first-order chi connectivity index (χ1) is 8.29. The average molecular weight is 224 g/mol. The minimum atomic E-state index is 1.09. The second-order valence-electron chi connectivity index (χ2n) is 4.27. The fourth-order valence-corrected chi connectivity index (χ4v) is 2.65. The number of rotatable bonds is 0. The van der Waals surface area contributed by atoms with Gasteiger partial charge in [0.25, 0.3) is 0 Å². The van der Waals surface area contributed by atoms with E-state index in [9.17, 15) is 0 Å². The summed E-state index contributed by atoms with van der Waals surface area (Å²) in [5.41, 5.74) is 2.86. The molecule has 0 unspecified atom stereocenters. The van der Waals surface area contributed by atoms with Crippen molar-refractivity contribution in [3.63, 3.8) is 0 Å². The van der Waals surface area contributed by atoms with E-state index in [0.29, 0.717) is 0 Å². The predicted molar refractivity (Wildman–Crippen MR) is 77.6 cm³/mol. The van der Waals surface area contributed by atoms with Crippen LogP contribution in [-0.2, 0) is 0 Å². The van der Waals surface area contributed by atoms with Gasteiger partial charge in [0.2, 0.25) is 0 Å². The zero-order valence-electron chi connectivity index (χ0n) is 11.2. The number of aryl methyl sites for hydroxylation is 2. The molecule has 0 heteroatoms. The molecule has 1 aliphatic rings. The Kier molecular flexibility index (Phi) is 3.33. The number of fused-ring (bicyclic) bond motifs is 2. The van der Waals surface area contributed by atoms with Crippen LogP contribution in [0.5, 0.6) is 0 Å². The predicted octanol–water partition coefficient (Wildman–Crippen LogP) is 3.45. The van der Waals surface area contributed by atoms with E-state index in [1.807, 2.05) is 13.8 Å². The summed E-state index contributed by atoms with van der Waals surface area (Å²) >= 11 is 0. The molecule has 3 rings (SSSR count). The number of hydrogen-bond acceptors (Lipinski definition) is 0. The van der Waals surface area contributed by atoms with Crippen LogP contribution in [0.4, 0.5) is 0 Å². The third kappa shape index (κ3) is 1.78. The third-order valence-corrected chi connectivity index (χ3v) is 3.48. The summed E-state index contributed by atoms with van der Waals surface area (Å²) in [4.78, 5) is 0. The highest BCUT2D eigenvalue weighted by Gasteiger charge is 2.06. The van der Waals surface area contributed by atoms with E-state index in [4.69, 9.17) is 0 Å². The van der Waals surface area contributed by atoms with Crippen molar-refractivity contribution in [2.75, 3.05) is 0 Å². The SMILES string of the molecule is CC.Cc1c2c(c(C)c3ccccc13)=CCC=2. The van der Waals surface area contributed by atoms with Crippen LogP contribution in [0.2, 0.25) is 0 Å². The molecule has 88 valence electrons. The second-order valence-corrected chi connectivity index (χ2v) is 4.27. The van der Waals surface area contributed by atoms with Gasteiger partial charge in [-0.05, 0) is 52.6 Å². The molecule has 0 fully saturated rings. The topological polar surface area (TPSA) is 0 Å². The Hall–Kier alpha value is -1.56. The summed E-state index contributed by atoms with van der Waals surface area (Å²) in [6.45, 7) is 8.46. The minimum absolute atomic E-state index is 1.09. The summed E-state index contributed by atoms with van der Waals surface area (Å²) < 4.78 is 0. The van der Waals surface area contributed by atoms with Crippen molar-refractivity contribution in [1.29, 1.82) is 0 Å². The van der Waals surface area contributed by atoms with E-state index < -0.39 is 0 Å². The van der Waals surface area contributed by atoms with Gasteiger partial charge in [0.1, 0.15) is 0 Å². The fourth-order valence-electron chi connectivity index (χ4n) is 2.65. The van der Waals surface area contributed by atoms with Crippen molar-refractivity contribution >= 4 is 22.9 Å². The van der Waals surface area contributed by atoms with Gasteiger partial charge in [-0.15, -0.1) is 0 Å². The van der Waals surface area contributed by atoms with E-state index in [-0.39, 0.29) is 0 Å². The molecule has 2 aromatic carbocycles. The van der Waals surface area contributed by atoms with E-state index >= 15 is 0 Å². The molecule has 0 amide bonds. The molecule has 2 aromatic rings. The lowest BCUT2D eigenvalue weighted by Crippen LogP contribution is -2.27. The summed E-state index contributed by atoms with van der Waals surface area (Å²) in [5, 5.41) is 5.71. The Morgan fingerprint density at radius 2 is 1.18 bits per heavy atom. The first kappa shape index (κ1) is 11.9. The van der Waals surface area contributed by atoms with Crippen molar-refractivity contribution in [1.82, 2.24) is 0 Å². The molecule has 0 saturated heterocycles. The summed E-state index contributed by atoms with van der Waals surface area (Å²) in [7, 11) is 0. The fraction of sp³-hybridized carbons (Fsp3) is 0.294. The lowest BCUT2D eigenvalue weighted by molar-refractivity contribution is 1.36. The highest BCUT2D eigenvalue weighted by atomic mass is 14.1. The first-order valence-corrected chi connectivity index (χ1v) is 6.47. The molecular formula is C17H20. The monoisotopic (exact) mass is 224 g/mol.